The van der Waals surface area contributed by atoms with Gasteiger partial charge in [0.2, 0.25) is 11.8 Å². The molecule has 8 heteroatoms. The molecular weight excluding hydrogens is 412 g/mol. The molecule has 0 spiro atoms. The number of nitrogens with one attached hydrogen (secondary N) is 2. The number of carbonyl (C=O) groups excluding carboxylic acids is 2. The van der Waals surface area contributed by atoms with Crippen LogP contribution in [0.25, 0.3) is 10.9 Å². The molecule has 1 aromatic heterocycles. The van der Waals surface area contributed by atoms with Gasteiger partial charge in [0.25, 0.3) is 5.56 Å². The Morgan fingerprint density at radius 2 is 1.61 bits per heavy atom. The minimum atomic E-state index is -0.471. The molecule has 0 saturated carbocycles. The Labute approximate surface area is 185 Å². The van der Waals surface area contributed by atoms with Crippen molar-refractivity contribution in [3.05, 3.63) is 58.9 Å². The zero-order chi connectivity index (χ0) is 22.5. The van der Waals surface area contributed by atoms with Crippen molar-refractivity contribution in [3.8, 4) is 0 Å². The average molecular weight is 439 g/mol. The van der Waals surface area contributed by atoms with Crippen molar-refractivity contribution < 1.29 is 9.59 Å². The third-order valence-corrected chi connectivity index (χ3v) is 5.59. The summed E-state index contributed by atoms with van der Waals surface area (Å²) in [5, 5.41) is 6.18. The molecule has 0 radical (unpaired) electrons. The van der Waals surface area contributed by atoms with E-state index in [4.69, 9.17) is 0 Å². The lowest BCUT2D eigenvalue weighted by atomic mass is 10.2. The Morgan fingerprint density at radius 3 is 2.23 bits per heavy atom. The normalized spacial score (nSPS) is 12.0. The summed E-state index contributed by atoms with van der Waals surface area (Å²) in [5.74, 6) is -0.0980. The summed E-state index contributed by atoms with van der Waals surface area (Å²) < 4.78 is 1.66. The number of carbonyl (C=O) groups is 2. The summed E-state index contributed by atoms with van der Waals surface area (Å²) in [6, 6.07) is 14.1. The SMILES string of the molecule is CC(=O)Nc1ccc(NC(=O)C(C)Sc2nc3ccccc3c(=O)n2CC(C)C)cc1. The molecule has 3 aromatic rings. The number of fused-ring (bicyclic) bond motifs is 1. The van der Waals surface area contributed by atoms with E-state index in [0.29, 0.717) is 34.0 Å². The van der Waals surface area contributed by atoms with Crippen molar-refractivity contribution in [3.63, 3.8) is 0 Å². The van der Waals surface area contributed by atoms with Gasteiger partial charge < -0.3 is 10.6 Å². The Bertz CT molecular complexity index is 1160. The number of benzene rings is 2. The molecule has 1 unspecified atom stereocenters. The monoisotopic (exact) mass is 438 g/mol. The largest absolute Gasteiger partial charge is 0.326 e. The second-order valence-electron chi connectivity index (χ2n) is 7.73. The molecular formula is C23H26N4O3S. The van der Waals surface area contributed by atoms with Crippen molar-refractivity contribution in [1.82, 2.24) is 9.55 Å². The van der Waals surface area contributed by atoms with E-state index < -0.39 is 5.25 Å². The van der Waals surface area contributed by atoms with Crippen LogP contribution in [-0.4, -0.2) is 26.6 Å². The summed E-state index contributed by atoms with van der Waals surface area (Å²) >= 11 is 1.26. The highest BCUT2D eigenvalue weighted by molar-refractivity contribution is 8.00. The van der Waals surface area contributed by atoms with Gasteiger partial charge in [-0.15, -0.1) is 0 Å². The van der Waals surface area contributed by atoms with E-state index in [2.05, 4.69) is 15.6 Å². The van der Waals surface area contributed by atoms with Gasteiger partial charge in [-0.25, -0.2) is 4.98 Å². The zero-order valence-corrected chi connectivity index (χ0v) is 18.8. The van der Waals surface area contributed by atoms with Crippen LogP contribution in [0.1, 0.15) is 27.7 Å². The van der Waals surface area contributed by atoms with E-state index in [9.17, 15) is 14.4 Å². The van der Waals surface area contributed by atoms with Crippen LogP contribution in [0.2, 0.25) is 0 Å². The number of hydrogen-bond acceptors (Lipinski definition) is 5. The van der Waals surface area contributed by atoms with Crippen LogP contribution >= 0.6 is 11.8 Å². The molecule has 2 N–H and O–H groups in total. The van der Waals surface area contributed by atoms with Crippen LogP contribution in [0, 0.1) is 5.92 Å². The maximum absolute atomic E-state index is 13.0. The second kappa shape index (κ2) is 9.78. The summed E-state index contributed by atoms with van der Waals surface area (Å²) in [5.41, 5.74) is 1.81. The molecule has 0 aliphatic rings. The minimum Gasteiger partial charge on any atom is -0.326 e. The standard InChI is InChI=1S/C23H26N4O3S/c1-14(2)13-27-22(30)19-7-5-6-8-20(19)26-23(27)31-15(3)21(29)25-18-11-9-17(10-12-18)24-16(4)28/h5-12,14-15H,13H2,1-4H3,(H,24,28)(H,25,29). The molecule has 0 bridgehead atoms. The molecule has 0 fully saturated rings. The summed E-state index contributed by atoms with van der Waals surface area (Å²) in [6.45, 7) is 7.83. The van der Waals surface area contributed by atoms with Crippen molar-refractivity contribution in [1.29, 1.82) is 0 Å². The maximum atomic E-state index is 13.0. The first-order chi connectivity index (χ1) is 14.7. The molecule has 7 nitrogen and oxygen atoms in total. The van der Waals surface area contributed by atoms with Crippen LogP contribution < -0.4 is 16.2 Å². The van der Waals surface area contributed by atoms with E-state index >= 15 is 0 Å². The number of rotatable bonds is 7. The minimum absolute atomic E-state index is 0.0945. The highest BCUT2D eigenvalue weighted by Gasteiger charge is 2.20. The van der Waals surface area contributed by atoms with Crippen LogP contribution in [0.5, 0.6) is 0 Å². The molecule has 0 saturated heterocycles. The van der Waals surface area contributed by atoms with Gasteiger partial charge >= 0.3 is 0 Å². The summed E-state index contributed by atoms with van der Waals surface area (Å²) in [7, 11) is 0. The number of thioether (sulfide) groups is 1. The molecule has 0 aliphatic carbocycles. The van der Waals surface area contributed by atoms with Crippen LogP contribution in [-0.2, 0) is 16.1 Å². The number of amides is 2. The molecule has 162 valence electrons. The van der Waals surface area contributed by atoms with Crippen molar-refractivity contribution in [2.45, 2.75) is 44.6 Å². The fourth-order valence-electron chi connectivity index (χ4n) is 3.06. The Hall–Kier alpha value is -3.13. The van der Waals surface area contributed by atoms with Crippen LogP contribution in [0.4, 0.5) is 11.4 Å². The highest BCUT2D eigenvalue weighted by Crippen LogP contribution is 2.24. The Balaban J connectivity index is 1.80. The predicted molar refractivity (Wildman–Crippen MR) is 126 cm³/mol. The molecule has 3 rings (SSSR count). The van der Waals surface area contributed by atoms with E-state index in [0.717, 1.165) is 0 Å². The van der Waals surface area contributed by atoms with Gasteiger partial charge in [-0.2, -0.15) is 0 Å². The Kier molecular flexibility index (Phi) is 7.12. The molecule has 2 amide bonds. The fraction of sp³-hybridized carbons (Fsp3) is 0.304. The number of nitrogens with zero attached hydrogens (tertiary/aromatic N) is 2. The predicted octanol–water partition coefficient (Wildman–Crippen LogP) is 4.13. The number of anilines is 2. The maximum Gasteiger partial charge on any atom is 0.262 e. The van der Waals surface area contributed by atoms with E-state index in [1.807, 2.05) is 32.0 Å². The first-order valence-electron chi connectivity index (χ1n) is 10.1. The van der Waals surface area contributed by atoms with Crippen molar-refractivity contribution >= 4 is 45.9 Å². The number of hydrogen-bond donors (Lipinski definition) is 2. The van der Waals surface area contributed by atoms with Gasteiger partial charge in [0, 0.05) is 24.8 Å². The van der Waals surface area contributed by atoms with Gasteiger partial charge in [-0.3, -0.25) is 19.0 Å². The van der Waals surface area contributed by atoms with E-state index in [1.54, 1.807) is 41.8 Å². The topological polar surface area (TPSA) is 93.1 Å². The molecule has 2 aromatic carbocycles. The third-order valence-electron chi connectivity index (χ3n) is 4.50. The van der Waals surface area contributed by atoms with Gasteiger partial charge in [0.1, 0.15) is 0 Å². The molecule has 31 heavy (non-hydrogen) atoms. The number of para-hydroxylation sites is 1. The first kappa shape index (κ1) is 22.6. The lowest BCUT2D eigenvalue weighted by Gasteiger charge is -2.17. The number of aromatic nitrogens is 2. The molecule has 1 atom stereocenters. The van der Waals surface area contributed by atoms with E-state index in [1.165, 1.54) is 18.7 Å². The fourth-order valence-corrected chi connectivity index (χ4v) is 3.98. The third kappa shape index (κ3) is 5.73. The van der Waals surface area contributed by atoms with Crippen molar-refractivity contribution in [2.24, 2.45) is 5.92 Å². The van der Waals surface area contributed by atoms with Gasteiger partial charge in [0.15, 0.2) is 5.16 Å². The van der Waals surface area contributed by atoms with Crippen LogP contribution in [0.15, 0.2) is 58.5 Å². The second-order valence-corrected chi connectivity index (χ2v) is 9.04. The van der Waals surface area contributed by atoms with Crippen LogP contribution in [0.3, 0.4) is 0 Å². The first-order valence-corrected chi connectivity index (χ1v) is 11.0. The summed E-state index contributed by atoms with van der Waals surface area (Å²) in [6.07, 6.45) is 0. The van der Waals surface area contributed by atoms with Crippen molar-refractivity contribution in [2.75, 3.05) is 10.6 Å². The quantitative estimate of drug-likeness (QED) is 0.427. The average Bonchev–Trinajstić information content (AvgIpc) is 2.71. The molecule has 0 aliphatic heterocycles. The van der Waals surface area contributed by atoms with Gasteiger partial charge in [-0.05, 0) is 49.2 Å². The Morgan fingerprint density at radius 1 is 1.00 bits per heavy atom. The smallest absolute Gasteiger partial charge is 0.262 e. The highest BCUT2D eigenvalue weighted by atomic mass is 32.2. The van der Waals surface area contributed by atoms with E-state index in [-0.39, 0.29) is 23.3 Å². The van der Waals surface area contributed by atoms with Gasteiger partial charge in [0.05, 0.1) is 16.2 Å². The summed E-state index contributed by atoms with van der Waals surface area (Å²) in [4.78, 5) is 41.5. The van der Waals surface area contributed by atoms with Gasteiger partial charge in [-0.1, -0.05) is 37.7 Å². The molecule has 1 heterocycles. The zero-order valence-electron chi connectivity index (χ0n) is 18.0. The lowest BCUT2D eigenvalue weighted by Crippen LogP contribution is -2.28. The lowest BCUT2D eigenvalue weighted by molar-refractivity contribution is -0.115.